The number of para-hydroxylation sites is 3. The molecule has 0 fully saturated rings. The second-order valence-corrected chi connectivity index (χ2v) is 13.2. The summed E-state index contributed by atoms with van der Waals surface area (Å²) in [5.41, 5.74) is 8.74. The number of hydrogen-bond donors (Lipinski definition) is 1. The van der Waals surface area contributed by atoms with Gasteiger partial charge in [-0.3, -0.25) is 0 Å². The Hall–Kier alpha value is -3.69. The summed E-state index contributed by atoms with van der Waals surface area (Å²) in [5, 5.41) is 10.4. The summed E-state index contributed by atoms with van der Waals surface area (Å²) in [6, 6.07) is 29.9. The van der Waals surface area contributed by atoms with Gasteiger partial charge in [-0.1, -0.05) is 102 Å². The molecule has 230 valence electrons. The number of aromatic hydroxyl groups is 1. The number of oxazole rings is 1. The van der Waals surface area contributed by atoms with E-state index in [0.717, 1.165) is 34.6 Å². The van der Waals surface area contributed by atoms with E-state index in [2.05, 4.69) is 95.8 Å². The number of phenolic OH excluding ortho intramolecular Hbond substituents is 1. The van der Waals surface area contributed by atoms with Crippen LogP contribution in [0.15, 0.2) is 88.3 Å². The van der Waals surface area contributed by atoms with Crippen LogP contribution in [0, 0.1) is 11.5 Å². The van der Waals surface area contributed by atoms with Crippen molar-refractivity contribution < 1.29 is 30.6 Å². The van der Waals surface area contributed by atoms with Gasteiger partial charge >= 0.3 is 0 Å². The third-order valence-corrected chi connectivity index (χ3v) is 8.38. The average molecular weight is 766 g/mol. The van der Waals surface area contributed by atoms with Gasteiger partial charge in [0, 0.05) is 33.3 Å². The Morgan fingerprint density at radius 1 is 0.818 bits per heavy atom. The molecule has 6 rings (SSSR count). The largest absolute Gasteiger partial charge is 0.507 e. The van der Waals surface area contributed by atoms with Gasteiger partial charge in [-0.05, 0) is 46.6 Å². The average Bonchev–Trinajstić information content (AvgIpc) is 3.62. The van der Waals surface area contributed by atoms with E-state index in [-0.39, 0.29) is 38.3 Å². The second kappa shape index (κ2) is 12.4. The molecule has 0 saturated carbocycles. The number of fused-ring (bicyclic) bond motifs is 1. The van der Waals surface area contributed by atoms with Gasteiger partial charge in [-0.15, -0.1) is 29.8 Å². The zero-order valence-corrected chi connectivity index (χ0v) is 28.7. The van der Waals surface area contributed by atoms with Crippen LogP contribution < -0.4 is 4.90 Å². The molecule has 5 nitrogen and oxygen atoms in total. The quantitative estimate of drug-likeness (QED) is 0.175. The molecular formula is C38H40N3O2Pt-. The molecule has 4 aromatic carbocycles. The standard InChI is InChI=1S/C38H40N3O2.Pt/c1-23(2)27-16-11-17-28(24(3)4)35(27)41-22-33(38(5,6)7)39-36(41)26-14-10-13-25(21-26)29-18-12-20-32-34(29)40-37(43-32)30-15-8-9-19-31(30)42;/h8-20,23-24,33,42H,22H2,1-7H3;/q-1;/t33-;/m1./s1. The molecule has 1 aliphatic heterocycles. The molecule has 0 spiro atoms. The van der Waals surface area contributed by atoms with Crippen molar-refractivity contribution in [1.29, 1.82) is 0 Å². The fourth-order valence-electron chi connectivity index (χ4n) is 5.91. The first kappa shape index (κ1) is 31.7. The van der Waals surface area contributed by atoms with Gasteiger partial charge in [-0.2, -0.15) is 0 Å². The zero-order valence-electron chi connectivity index (χ0n) is 26.5. The van der Waals surface area contributed by atoms with Crippen molar-refractivity contribution in [2.24, 2.45) is 10.4 Å². The van der Waals surface area contributed by atoms with E-state index in [4.69, 9.17) is 14.4 Å². The van der Waals surface area contributed by atoms with Crippen molar-refractivity contribution in [3.63, 3.8) is 0 Å². The molecule has 6 heteroatoms. The number of rotatable bonds is 6. The van der Waals surface area contributed by atoms with Crippen molar-refractivity contribution in [2.75, 3.05) is 11.4 Å². The molecule has 0 unspecified atom stereocenters. The van der Waals surface area contributed by atoms with Crippen LogP contribution in [0.2, 0.25) is 0 Å². The predicted molar refractivity (Wildman–Crippen MR) is 177 cm³/mol. The Labute approximate surface area is 275 Å². The van der Waals surface area contributed by atoms with Crippen LogP contribution in [-0.2, 0) is 21.1 Å². The first-order chi connectivity index (χ1) is 20.5. The van der Waals surface area contributed by atoms with Gasteiger partial charge in [0.15, 0.2) is 0 Å². The number of aliphatic imine (C=N–C) groups is 1. The maximum atomic E-state index is 10.4. The van der Waals surface area contributed by atoms with E-state index in [1.807, 2.05) is 30.3 Å². The molecule has 0 aliphatic carbocycles. The topological polar surface area (TPSA) is 61.9 Å². The molecule has 1 N–H and O–H groups in total. The summed E-state index contributed by atoms with van der Waals surface area (Å²) in [6.45, 7) is 16.7. The monoisotopic (exact) mass is 765 g/mol. The Kier molecular flexibility index (Phi) is 8.91. The maximum absolute atomic E-state index is 10.4. The van der Waals surface area contributed by atoms with Gasteiger partial charge in [0.1, 0.15) is 11.3 Å². The van der Waals surface area contributed by atoms with E-state index in [9.17, 15) is 5.11 Å². The van der Waals surface area contributed by atoms with Crippen LogP contribution in [0.5, 0.6) is 5.75 Å². The van der Waals surface area contributed by atoms with Crippen molar-refractivity contribution in [1.82, 2.24) is 4.98 Å². The van der Waals surface area contributed by atoms with Gasteiger partial charge < -0.3 is 19.4 Å². The Morgan fingerprint density at radius 2 is 1.43 bits per heavy atom. The second-order valence-electron chi connectivity index (χ2n) is 13.2. The summed E-state index contributed by atoms with van der Waals surface area (Å²) in [5.74, 6) is 2.24. The minimum atomic E-state index is 0. The van der Waals surface area contributed by atoms with Crippen molar-refractivity contribution >= 4 is 22.6 Å². The number of aromatic nitrogens is 1. The smallest absolute Gasteiger partial charge is 0.230 e. The van der Waals surface area contributed by atoms with E-state index in [1.54, 1.807) is 12.1 Å². The van der Waals surface area contributed by atoms with E-state index in [0.29, 0.717) is 28.9 Å². The normalized spacial score (nSPS) is 15.2. The molecule has 44 heavy (non-hydrogen) atoms. The van der Waals surface area contributed by atoms with E-state index < -0.39 is 0 Å². The molecule has 0 saturated heterocycles. The molecule has 0 bridgehead atoms. The van der Waals surface area contributed by atoms with Crippen LogP contribution in [0.1, 0.15) is 77.0 Å². The van der Waals surface area contributed by atoms with Crippen LogP contribution in [-0.4, -0.2) is 28.5 Å². The molecule has 1 atom stereocenters. The third-order valence-electron chi connectivity index (χ3n) is 8.38. The molecule has 5 aromatic rings. The van der Waals surface area contributed by atoms with E-state index >= 15 is 0 Å². The number of nitrogens with zero attached hydrogens (tertiary/aromatic N) is 3. The first-order valence-corrected chi connectivity index (χ1v) is 15.2. The predicted octanol–water partition coefficient (Wildman–Crippen LogP) is 9.59. The minimum Gasteiger partial charge on any atom is -0.507 e. The van der Waals surface area contributed by atoms with E-state index in [1.165, 1.54) is 16.8 Å². The summed E-state index contributed by atoms with van der Waals surface area (Å²) >= 11 is 0. The minimum absolute atomic E-state index is 0. The Morgan fingerprint density at radius 3 is 2.09 bits per heavy atom. The summed E-state index contributed by atoms with van der Waals surface area (Å²) < 4.78 is 6.11. The molecule has 1 aromatic heterocycles. The van der Waals surface area contributed by atoms with Crippen molar-refractivity contribution in [3.05, 3.63) is 102 Å². The van der Waals surface area contributed by atoms with Crippen molar-refractivity contribution in [3.8, 4) is 28.3 Å². The number of hydrogen-bond acceptors (Lipinski definition) is 5. The molecular weight excluding hydrogens is 726 g/mol. The fourth-order valence-corrected chi connectivity index (χ4v) is 5.91. The number of benzene rings is 4. The fraction of sp³-hybridized carbons (Fsp3) is 0.316. The van der Waals surface area contributed by atoms with Crippen LogP contribution in [0.3, 0.4) is 0 Å². The summed E-state index contributed by atoms with van der Waals surface area (Å²) in [4.78, 5) is 12.7. The van der Waals surface area contributed by atoms with Crippen LogP contribution >= 0.6 is 0 Å². The van der Waals surface area contributed by atoms with Gasteiger partial charge in [-0.25, -0.2) is 4.98 Å². The first-order valence-electron chi connectivity index (χ1n) is 15.2. The molecule has 0 radical (unpaired) electrons. The summed E-state index contributed by atoms with van der Waals surface area (Å²) in [7, 11) is 0. The van der Waals surface area contributed by atoms with Gasteiger partial charge in [0.05, 0.1) is 23.0 Å². The van der Waals surface area contributed by atoms with Crippen LogP contribution in [0.25, 0.3) is 33.7 Å². The SMILES string of the molecule is CC(C)c1cccc(C(C)C)c1N1C[C@H](C(C)(C)C)N=C1c1[c-]c(-c2cccc3oc(-c4ccccc4O)nc23)ccc1.[Pt]. The molecule has 2 heterocycles. The third kappa shape index (κ3) is 5.87. The van der Waals surface area contributed by atoms with Crippen LogP contribution in [0.4, 0.5) is 5.69 Å². The number of phenols is 1. The number of amidine groups is 1. The summed E-state index contributed by atoms with van der Waals surface area (Å²) in [6.07, 6.45) is 0. The molecule has 1 aliphatic rings. The van der Waals surface area contributed by atoms with Crippen molar-refractivity contribution in [2.45, 2.75) is 66.3 Å². The maximum Gasteiger partial charge on any atom is 0.230 e. The number of anilines is 1. The molecule has 0 amide bonds. The Bertz CT molecular complexity index is 1800. The van der Waals surface area contributed by atoms with Gasteiger partial charge in [0.25, 0.3) is 0 Å². The van der Waals surface area contributed by atoms with Gasteiger partial charge in [0.2, 0.25) is 5.89 Å². The zero-order chi connectivity index (χ0) is 30.5. The Balaban J connectivity index is 0.00000384.